The molecule has 2 heterocycles. The van der Waals surface area contributed by atoms with Gasteiger partial charge in [0, 0.05) is 49.0 Å². The third kappa shape index (κ3) is 3.42. The van der Waals surface area contributed by atoms with Crippen LogP contribution in [0, 0.1) is 0 Å². The molecule has 118 valence electrons. The molecule has 0 saturated carbocycles. The highest BCUT2D eigenvalue weighted by atomic mass is 32.1. The largest absolute Gasteiger partial charge is 0.369 e. The van der Waals surface area contributed by atoms with Crippen LogP contribution < -0.4 is 9.77 Å². The molecule has 0 radical (unpaired) electrons. The van der Waals surface area contributed by atoms with Gasteiger partial charge in [0.05, 0.1) is 0 Å². The number of rotatable bonds is 4. The molecule has 1 fully saturated rings. The summed E-state index contributed by atoms with van der Waals surface area (Å²) in [5.41, 5.74) is 2.41. The van der Waals surface area contributed by atoms with Gasteiger partial charge in [-0.3, -0.25) is 9.69 Å². The minimum Gasteiger partial charge on any atom is -0.369 e. The monoisotopic (exact) mass is 317 g/mol. The molecule has 2 aromatic rings. The van der Waals surface area contributed by atoms with Crippen molar-refractivity contribution in [2.75, 3.05) is 31.1 Å². The Bertz CT molecular complexity index is 654. The van der Waals surface area contributed by atoms with Gasteiger partial charge in [-0.1, -0.05) is 43.4 Å². The van der Waals surface area contributed by atoms with E-state index in [1.807, 2.05) is 0 Å². The van der Waals surface area contributed by atoms with E-state index in [1.165, 1.54) is 21.9 Å². The number of piperazine rings is 1. The Kier molecular flexibility index (Phi) is 4.64. The fraction of sp³-hybridized carbons (Fsp3) is 0.471. The van der Waals surface area contributed by atoms with Crippen LogP contribution in [-0.4, -0.2) is 36.1 Å². The van der Waals surface area contributed by atoms with Crippen molar-refractivity contribution in [3.05, 3.63) is 50.6 Å². The van der Waals surface area contributed by atoms with E-state index in [1.54, 1.807) is 0 Å². The predicted molar refractivity (Wildman–Crippen MR) is 93.0 cm³/mol. The van der Waals surface area contributed by atoms with Crippen molar-refractivity contribution in [3.8, 4) is 0 Å². The van der Waals surface area contributed by atoms with E-state index in [2.05, 4.69) is 59.0 Å². The number of nitrogens with one attached hydrogen (secondary N) is 1. The molecule has 4 nitrogen and oxygen atoms in total. The maximum Gasteiger partial charge on any atom is 0.304 e. The molecule has 1 aromatic carbocycles. The first-order chi connectivity index (χ1) is 10.6. The van der Waals surface area contributed by atoms with Crippen molar-refractivity contribution in [1.82, 2.24) is 9.88 Å². The maximum atomic E-state index is 11.6. The molecule has 5 heteroatoms. The summed E-state index contributed by atoms with van der Waals surface area (Å²) in [6, 6.07) is 10.6. The lowest BCUT2D eigenvalue weighted by Gasteiger charge is -2.36. The minimum atomic E-state index is 0.0709. The summed E-state index contributed by atoms with van der Waals surface area (Å²) in [6.07, 6.45) is 0. The molecular weight excluding hydrogens is 294 g/mol. The maximum absolute atomic E-state index is 11.6. The zero-order valence-corrected chi connectivity index (χ0v) is 14.0. The number of nitrogens with zero attached hydrogens (tertiary/aromatic N) is 2. The van der Waals surface area contributed by atoms with Gasteiger partial charge in [0.2, 0.25) is 0 Å². The number of aromatic amines is 1. The van der Waals surface area contributed by atoms with Gasteiger partial charge in [-0.25, -0.2) is 0 Å². The second kappa shape index (κ2) is 6.67. The Morgan fingerprint density at radius 2 is 1.82 bits per heavy atom. The highest BCUT2D eigenvalue weighted by Gasteiger charge is 2.20. The first-order valence-corrected chi connectivity index (χ1v) is 8.69. The van der Waals surface area contributed by atoms with Crippen LogP contribution in [0.4, 0.5) is 5.69 Å². The topological polar surface area (TPSA) is 39.3 Å². The Balaban J connectivity index is 1.62. The van der Waals surface area contributed by atoms with E-state index in [4.69, 9.17) is 0 Å². The van der Waals surface area contributed by atoms with Crippen molar-refractivity contribution in [3.63, 3.8) is 0 Å². The van der Waals surface area contributed by atoms with E-state index in [9.17, 15) is 4.79 Å². The van der Waals surface area contributed by atoms with Crippen molar-refractivity contribution >= 4 is 17.0 Å². The number of thiazole rings is 1. The molecule has 1 aliphatic heterocycles. The summed E-state index contributed by atoms with van der Waals surface area (Å²) in [5, 5.41) is 0. The summed E-state index contributed by atoms with van der Waals surface area (Å²) < 4.78 is 0. The van der Waals surface area contributed by atoms with Crippen LogP contribution in [0.5, 0.6) is 0 Å². The third-order valence-electron chi connectivity index (χ3n) is 4.19. The van der Waals surface area contributed by atoms with E-state index in [0.29, 0.717) is 5.92 Å². The summed E-state index contributed by atoms with van der Waals surface area (Å²) >= 11 is 1.37. The van der Waals surface area contributed by atoms with Crippen LogP contribution >= 0.6 is 11.3 Å². The molecule has 22 heavy (non-hydrogen) atoms. The smallest absolute Gasteiger partial charge is 0.304 e. The van der Waals surface area contributed by atoms with E-state index < -0.39 is 0 Å². The summed E-state index contributed by atoms with van der Waals surface area (Å²) in [4.78, 5) is 20.8. The average molecular weight is 317 g/mol. The predicted octanol–water partition coefficient (Wildman–Crippen LogP) is 2.88. The normalized spacial score (nSPS) is 16.4. The van der Waals surface area contributed by atoms with Crippen LogP contribution in [0.15, 0.2) is 35.1 Å². The van der Waals surface area contributed by atoms with Crippen LogP contribution in [0.2, 0.25) is 0 Å². The SMILES string of the molecule is CC(C)c1[nH]c(=O)sc1CN1CCN(c2ccccc2)CC1. The Morgan fingerprint density at radius 3 is 2.45 bits per heavy atom. The highest BCUT2D eigenvalue weighted by Crippen LogP contribution is 2.22. The number of H-pyrrole nitrogens is 1. The molecule has 0 unspecified atom stereocenters. The van der Waals surface area contributed by atoms with Gasteiger partial charge in [0.25, 0.3) is 0 Å². The van der Waals surface area contributed by atoms with Crippen LogP contribution in [0.25, 0.3) is 0 Å². The molecule has 0 bridgehead atoms. The number of anilines is 1. The van der Waals surface area contributed by atoms with Gasteiger partial charge in [-0.2, -0.15) is 0 Å². The van der Waals surface area contributed by atoms with E-state index in [-0.39, 0.29) is 4.87 Å². The first kappa shape index (κ1) is 15.3. The molecule has 3 rings (SSSR count). The van der Waals surface area contributed by atoms with Crippen molar-refractivity contribution in [1.29, 1.82) is 0 Å². The number of aromatic nitrogens is 1. The van der Waals surface area contributed by atoms with Gasteiger partial charge in [-0.15, -0.1) is 0 Å². The Labute approximate surface area is 135 Å². The molecule has 0 spiro atoms. The van der Waals surface area contributed by atoms with E-state index in [0.717, 1.165) is 38.4 Å². The van der Waals surface area contributed by atoms with Crippen molar-refractivity contribution in [2.24, 2.45) is 0 Å². The average Bonchev–Trinajstić information content (AvgIpc) is 2.90. The highest BCUT2D eigenvalue weighted by molar-refractivity contribution is 7.09. The summed E-state index contributed by atoms with van der Waals surface area (Å²) in [5.74, 6) is 0.375. The number of hydrogen-bond donors (Lipinski definition) is 1. The Morgan fingerprint density at radius 1 is 1.14 bits per heavy atom. The molecule has 0 amide bonds. The number of hydrogen-bond acceptors (Lipinski definition) is 4. The lowest BCUT2D eigenvalue weighted by Crippen LogP contribution is -2.45. The third-order valence-corrected chi connectivity index (χ3v) is 5.07. The molecular formula is C17H23N3OS. The zero-order chi connectivity index (χ0) is 15.5. The fourth-order valence-electron chi connectivity index (χ4n) is 2.96. The first-order valence-electron chi connectivity index (χ1n) is 7.87. The van der Waals surface area contributed by atoms with Gasteiger partial charge >= 0.3 is 4.87 Å². The fourth-order valence-corrected chi connectivity index (χ4v) is 3.99. The van der Waals surface area contributed by atoms with E-state index >= 15 is 0 Å². The summed E-state index contributed by atoms with van der Waals surface area (Å²) in [6.45, 7) is 9.32. The summed E-state index contributed by atoms with van der Waals surface area (Å²) in [7, 11) is 0. The molecule has 1 aliphatic rings. The van der Waals surface area contributed by atoms with Gasteiger partial charge < -0.3 is 9.88 Å². The van der Waals surface area contributed by atoms with Gasteiger partial charge in [0.15, 0.2) is 0 Å². The molecule has 1 aromatic heterocycles. The molecule has 0 aliphatic carbocycles. The van der Waals surface area contributed by atoms with Crippen LogP contribution in [0.1, 0.15) is 30.3 Å². The zero-order valence-electron chi connectivity index (χ0n) is 13.2. The van der Waals surface area contributed by atoms with Crippen molar-refractivity contribution in [2.45, 2.75) is 26.3 Å². The lowest BCUT2D eigenvalue weighted by atomic mass is 10.1. The van der Waals surface area contributed by atoms with Crippen LogP contribution in [-0.2, 0) is 6.54 Å². The molecule has 0 atom stereocenters. The van der Waals surface area contributed by atoms with Crippen molar-refractivity contribution < 1.29 is 0 Å². The number of benzene rings is 1. The molecule has 1 saturated heterocycles. The van der Waals surface area contributed by atoms with Gasteiger partial charge in [-0.05, 0) is 18.1 Å². The quantitative estimate of drug-likeness (QED) is 0.942. The minimum absolute atomic E-state index is 0.0709. The Hall–Kier alpha value is -1.59. The lowest BCUT2D eigenvalue weighted by molar-refractivity contribution is 0.251. The number of para-hydroxylation sites is 1. The van der Waals surface area contributed by atoms with Crippen LogP contribution in [0.3, 0.4) is 0 Å². The van der Waals surface area contributed by atoms with Gasteiger partial charge in [0.1, 0.15) is 0 Å². The second-order valence-electron chi connectivity index (χ2n) is 6.10. The molecule has 1 N–H and O–H groups in total. The standard InChI is InChI=1S/C17H23N3OS/c1-13(2)16-15(22-17(21)18-16)12-19-8-10-20(11-9-19)14-6-4-3-5-7-14/h3-7,13H,8-12H2,1-2H3,(H,18,21). The second-order valence-corrected chi connectivity index (χ2v) is 7.17.